The summed E-state index contributed by atoms with van der Waals surface area (Å²) in [6.07, 6.45) is 16.8. The predicted molar refractivity (Wildman–Crippen MR) is 127 cm³/mol. The summed E-state index contributed by atoms with van der Waals surface area (Å²) in [7, 11) is 0. The van der Waals surface area contributed by atoms with E-state index >= 15 is 0 Å². The Labute approximate surface area is 180 Å². The number of allylic oxidation sites excluding steroid dienone is 4. The van der Waals surface area contributed by atoms with E-state index in [1.165, 1.54) is 39.0 Å². The Morgan fingerprint density at radius 1 is 1.10 bits per heavy atom. The summed E-state index contributed by atoms with van der Waals surface area (Å²) in [4.78, 5) is 26.9. The third-order valence-corrected chi connectivity index (χ3v) is 4.57. The molecule has 1 atom stereocenters. The molecule has 0 aromatic rings. The number of carbonyl (C=O) groups is 3. The Bertz CT molecular complexity index is 493. The minimum absolute atomic E-state index is 0.0543. The van der Waals surface area contributed by atoms with E-state index in [-0.39, 0.29) is 5.78 Å². The molecule has 0 spiro atoms. The van der Waals surface area contributed by atoms with Crippen molar-refractivity contribution < 1.29 is 14.4 Å². The Morgan fingerprint density at radius 2 is 1.55 bits per heavy atom. The van der Waals surface area contributed by atoms with Gasteiger partial charge in [-0.15, -0.1) is 6.42 Å². The van der Waals surface area contributed by atoms with Gasteiger partial charge in [-0.2, -0.15) is 0 Å². The molecule has 1 unspecified atom stereocenters. The van der Waals surface area contributed by atoms with Crippen LogP contribution in [0.4, 0.5) is 0 Å². The molecule has 0 bridgehead atoms. The Morgan fingerprint density at radius 3 is 1.79 bits per heavy atom. The van der Waals surface area contributed by atoms with Crippen molar-refractivity contribution in [2.24, 2.45) is 17.1 Å². The number of hydrogen-bond acceptors (Lipinski definition) is 4. The van der Waals surface area contributed by atoms with E-state index in [4.69, 9.17) is 21.7 Å². The fraction of sp³-hybridized carbons (Fsp3) is 0.640. The summed E-state index contributed by atoms with van der Waals surface area (Å²) >= 11 is 0. The zero-order valence-corrected chi connectivity index (χ0v) is 20.0. The molecule has 168 valence electrons. The molecule has 0 aromatic heterocycles. The highest BCUT2D eigenvalue weighted by Crippen LogP contribution is 2.58. The average Bonchev–Trinajstić information content (AvgIpc) is 3.44. The second kappa shape index (κ2) is 24.0. The topological polar surface area (TPSA) is 77.2 Å². The zero-order chi connectivity index (χ0) is 23.9. The van der Waals surface area contributed by atoms with E-state index in [2.05, 4.69) is 19.8 Å². The number of nitrogens with two attached hydrogens (primary N) is 1. The van der Waals surface area contributed by atoms with Crippen LogP contribution in [0.1, 0.15) is 87.0 Å². The Balaban J connectivity index is -0.000000171. The first-order valence-electron chi connectivity index (χ1n) is 10.5. The van der Waals surface area contributed by atoms with Crippen molar-refractivity contribution in [1.29, 1.82) is 0 Å². The summed E-state index contributed by atoms with van der Waals surface area (Å²) < 4.78 is 0. The molecular weight excluding hydrogens is 362 g/mol. The van der Waals surface area contributed by atoms with Crippen molar-refractivity contribution in [3.05, 3.63) is 23.3 Å². The molecular formula is C25H45NO3. The summed E-state index contributed by atoms with van der Waals surface area (Å²) in [5.74, 6) is 3.17. The van der Waals surface area contributed by atoms with Crippen molar-refractivity contribution >= 4 is 19.4 Å². The summed E-state index contributed by atoms with van der Waals surface area (Å²) in [5.41, 5.74) is 7.85. The van der Waals surface area contributed by atoms with Gasteiger partial charge in [0.15, 0.2) is 5.78 Å². The van der Waals surface area contributed by atoms with Crippen LogP contribution in [-0.2, 0) is 14.4 Å². The molecule has 1 aliphatic rings. The van der Waals surface area contributed by atoms with E-state index in [0.29, 0.717) is 11.0 Å². The van der Waals surface area contributed by atoms with Gasteiger partial charge < -0.3 is 15.3 Å². The van der Waals surface area contributed by atoms with Crippen molar-refractivity contribution in [2.45, 2.75) is 87.0 Å². The SMILES string of the molecule is C#C/C(=C\C(C)=C/CC)C(C)=O.C=O.C=O.CC.CCCC1(CCC)CC1CN. The third kappa shape index (κ3) is 16.6. The lowest BCUT2D eigenvalue weighted by Crippen LogP contribution is -2.10. The van der Waals surface area contributed by atoms with E-state index in [1.54, 1.807) is 6.08 Å². The van der Waals surface area contributed by atoms with Crippen molar-refractivity contribution in [3.63, 3.8) is 0 Å². The van der Waals surface area contributed by atoms with Crippen LogP contribution < -0.4 is 5.73 Å². The minimum Gasteiger partial charge on any atom is -0.330 e. The third-order valence-electron chi connectivity index (χ3n) is 4.57. The van der Waals surface area contributed by atoms with Gasteiger partial charge in [-0.1, -0.05) is 65.0 Å². The first-order chi connectivity index (χ1) is 13.9. The molecule has 29 heavy (non-hydrogen) atoms. The van der Waals surface area contributed by atoms with E-state index in [0.717, 1.165) is 24.5 Å². The molecule has 4 nitrogen and oxygen atoms in total. The molecule has 0 amide bonds. The van der Waals surface area contributed by atoms with Crippen LogP contribution in [0.5, 0.6) is 0 Å². The Hall–Kier alpha value is -1.99. The first-order valence-corrected chi connectivity index (χ1v) is 10.5. The number of carbonyl (C=O) groups excluding carboxylic acids is 3. The molecule has 0 aromatic carbocycles. The quantitative estimate of drug-likeness (QED) is 0.318. The van der Waals surface area contributed by atoms with Gasteiger partial charge >= 0.3 is 0 Å². The molecule has 1 saturated carbocycles. The maximum absolute atomic E-state index is 10.9. The van der Waals surface area contributed by atoms with Crippen LogP contribution in [0.15, 0.2) is 23.3 Å². The maximum atomic E-state index is 10.9. The molecule has 4 heteroatoms. The lowest BCUT2D eigenvalue weighted by Gasteiger charge is -2.14. The summed E-state index contributed by atoms with van der Waals surface area (Å²) in [5, 5.41) is 0. The van der Waals surface area contributed by atoms with E-state index in [1.807, 2.05) is 47.3 Å². The molecule has 1 rings (SSSR count). The van der Waals surface area contributed by atoms with E-state index in [9.17, 15) is 4.79 Å². The van der Waals surface area contributed by atoms with Crippen molar-refractivity contribution in [2.75, 3.05) is 6.54 Å². The molecule has 1 aliphatic carbocycles. The first kappa shape index (κ1) is 34.5. The van der Waals surface area contributed by atoms with E-state index < -0.39 is 0 Å². The second-order valence-electron chi connectivity index (χ2n) is 6.61. The maximum Gasteiger partial charge on any atom is 0.168 e. The van der Waals surface area contributed by atoms with Crippen LogP contribution in [0.25, 0.3) is 0 Å². The monoisotopic (exact) mass is 407 g/mol. The highest BCUT2D eigenvalue weighted by Gasteiger charge is 2.50. The highest BCUT2D eigenvalue weighted by atomic mass is 16.1. The number of ketones is 1. The van der Waals surface area contributed by atoms with Crippen LogP contribution in [0.2, 0.25) is 0 Å². The summed E-state index contributed by atoms with van der Waals surface area (Å²) in [6.45, 7) is 18.9. The van der Waals surface area contributed by atoms with Crippen LogP contribution in [0, 0.1) is 23.7 Å². The average molecular weight is 408 g/mol. The zero-order valence-electron chi connectivity index (χ0n) is 20.0. The normalized spacial score (nSPS) is 15.9. The van der Waals surface area contributed by atoms with Crippen LogP contribution in [0.3, 0.4) is 0 Å². The minimum atomic E-state index is -0.0543. The van der Waals surface area contributed by atoms with Crippen LogP contribution >= 0.6 is 0 Å². The standard InChI is InChI=1S/C11H14O.C10H21N.C2H6.2CH2O/c1-5-7-9(3)8-11(6-2)10(4)12;1-3-5-10(6-4-2)7-9(10)8-11;3*1-2/h2,7-8H,5H2,1,3-4H3;9H,3-8,11H2,1-2H3;1-2H3;2*1H2/b9-7-,11-8+;;;;. The predicted octanol–water partition coefficient (Wildman–Crippen LogP) is 5.70. The lowest BCUT2D eigenvalue weighted by atomic mass is 9.92. The lowest BCUT2D eigenvalue weighted by molar-refractivity contribution is -0.113. The highest BCUT2D eigenvalue weighted by molar-refractivity contribution is 5.98. The summed E-state index contributed by atoms with van der Waals surface area (Å²) in [6, 6.07) is 0. The van der Waals surface area contributed by atoms with Crippen molar-refractivity contribution in [1.82, 2.24) is 0 Å². The van der Waals surface area contributed by atoms with Gasteiger partial charge in [0, 0.05) is 0 Å². The van der Waals surface area contributed by atoms with Crippen molar-refractivity contribution in [3.8, 4) is 12.3 Å². The van der Waals surface area contributed by atoms with Gasteiger partial charge in [-0.05, 0) is 63.5 Å². The molecule has 2 N–H and O–H groups in total. The smallest absolute Gasteiger partial charge is 0.168 e. The number of terminal acetylenes is 1. The fourth-order valence-corrected chi connectivity index (χ4v) is 3.35. The molecule has 1 fully saturated rings. The fourth-order valence-electron chi connectivity index (χ4n) is 3.35. The number of Topliss-reactive ketones (excluding diaryl/α,β-unsaturated/α-hetero) is 1. The second-order valence-corrected chi connectivity index (χ2v) is 6.61. The number of hydrogen-bond donors (Lipinski definition) is 1. The van der Waals surface area contributed by atoms with Gasteiger partial charge in [0.05, 0.1) is 5.57 Å². The van der Waals surface area contributed by atoms with Gasteiger partial charge in [-0.3, -0.25) is 4.79 Å². The van der Waals surface area contributed by atoms with Gasteiger partial charge in [0.2, 0.25) is 0 Å². The van der Waals surface area contributed by atoms with Gasteiger partial charge in [-0.25, -0.2) is 0 Å². The van der Waals surface area contributed by atoms with Gasteiger partial charge in [0.1, 0.15) is 13.6 Å². The molecule has 0 heterocycles. The molecule has 0 saturated heterocycles. The van der Waals surface area contributed by atoms with Crippen LogP contribution in [-0.4, -0.2) is 25.9 Å². The number of rotatable bonds is 8. The Kier molecular flexibility index (Phi) is 28.6. The largest absolute Gasteiger partial charge is 0.330 e. The molecule has 0 aliphatic heterocycles. The molecule has 0 radical (unpaired) electrons. The van der Waals surface area contributed by atoms with Gasteiger partial charge in [0.25, 0.3) is 0 Å².